The van der Waals surface area contributed by atoms with Gasteiger partial charge in [-0.15, -0.1) is 0 Å². The highest BCUT2D eigenvalue weighted by Crippen LogP contribution is 2.18. The maximum atomic E-state index is 12.0. The summed E-state index contributed by atoms with van der Waals surface area (Å²) in [5.41, 5.74) is 7.41. The smallest absolute Gasteiger partial charge is 0.274 e. The number of rotatable bonds is 4. The van der Waals surface area contributed by atoms with Crippen molar-refractivity contribution in [3.05, 3.63) is 11.4 Å². The normalized spacial score (nSPS) is 20.9. The van der Waals surface area contributed by atoms with Crippen LogP contribution in [0.25, 0.3) is 0 Å². The van der Waals surface area contributed by atoms with E-state index in [1.54, 1.807) is 0 Å². The summed E-state index contributed by atoms with van der Waals surface area (Å²) in [4.78, 5) is 12.0. The molecule has 1 aromatic rings. The molecule has 2 heterocycles. The van der Waals surface area contributed by atoms with Gasteiger partial charge in [-0.2, -0.15) is 5.10 Å². The van der Waals surface area contributed by atoms with Crippen LogP contribution in [-0.4, -0.2) is 35.4 Å². The van der Waals surface area contributed by atoms with Crippen LogP contribution < -0.4 is 11.1 Å². The standard InChI is InChI=1S/C12H20N4O2/c1-3-9-10(13)11(16-15-9)12(17)14-7(2)8-4-5-18-6-8/h7-8H,3-6,13H2,1-2H3,(H,14,17)(H,15,16). The third-order valence-electron chi connectivity index (χ3n) is 3.48. The van der Waals surface area contributed by atoms with Gasteiger partial charge >= 0.3 is 0 Å². The van der Waals surface area contributed by atoms with E-state index in [4.69, 9.17) is 10.5 Å². The van der Waals surface area contributed by atoms with Crippen molar-refractivity contribution < 1.29 is 9.53 Å². The first-order chi connectivity index (χ1) is 8.63. The van der Waals surface area contributed by atoms with Gasteiger partial charge in [0.15, 0.2) is 5.69 Å². The third-order valence-corrected chi connectivity index (χ3v) is 3.48. The van der Waals surface area contributed by atoms with E-state index in [1.165, 1.54) is 0 Å². The first kappa shape index (κ1) is 12.9. The number of hydrogen-bond acceptors (Lipinski definition) is 4. The molecule has 0 spiro atoms. The van der Waals surface area contributed by atoms with Gasteiger partial charge in [0.25, 0.3) is 5.91 Å². The molecule has 2 rings (SSSR count). The number of H-pyrrole nitrogens is 1. The average molecular weight is 252 g/mol. The highest BCUT2D eigenvalue weighted by Gasteiger charge is 2.25. The molecule has 1 aliphatic heterocycles. The zero-order chi connectivity index (χ0) is 13.1. The second kappa shape index (κ2) is 5.39. The van der Waals surface area contributed by atoms with Gasteiger partial charge in [0.05, 0.1) is 18.0 Å². The Morgan fingerprint density at radius 3 is 3.06 bits per heavy atom. The number of carbonyl (C=O) groups excluding carboxylic acids is 1. The molecule has 1 fully saturated rings. The summed E-state index contributed by atoms with van der Waals surface area (Å²) >= 11 is 0. The van der Waals surface area contributed by atoms with Crippen molar-refractivity contribution in [2.24, 2.45) is 5.92 Å². The molecular formula is C12H20N4O2. The van der Waals surface area contributed by atoms with Crippen molar-refractivity contribution in [3.63, 3.8) is 0 Å². The van der Waals surface area contributed by atoms with Crippen LogP contribution in [0.5, 0.6) is 0 Å². The summed E-state index contributed by atoms with van der Waals surface area (Å²) < 4.78 is 5.31. The number of ether oxygens (including phenoxy) is 1. The lowest BCUT2D eigenvalue weighted by molar-refractivity contribution is 0.0918. The summed E-state index contributed by atoms with van der Waals surface area (Å²) in [7, 11) is 0. The van der Waals surface area contributed by atoms with Crippen LogP contribution >= 0.6 is 0 Å². The van der Waals surface area contributed by atoms with Gasteiger partial charge in [-0.05, 0) is 19.8 Å². The van der Waals surface area contributed by atoms with Crippen LogP contribution in [0.4, 0.5) is 5.69 Å². The van der Waals surface area contributed by atoms with Gasteiger partial charge in [0.2, 0.25) is 0 Å². The Morgan fingerprint density at radius 2 is 2.50 bits per heavy atom. The molecule has 0 saturated carbocycles. The molecule has 0 aliphatic carbocycles. The van der Waals surface area contributed by atoms with Gasteiger partial charge in [0, 0.05) is 18.6 Å². The molecule has 6 nitrogen and oxygen atoms in total. The molecule has 6 heteroatoms. The van der Waals surface area contributed by atoms with Crippen molar-refractivity contribution in [2.75, 3.05) is 18.9 Å². The molecule has 0 aromatic carbocycles. The quantitative estimate of drug-likeness (QED) is 0.735. The lowest BCUT2D eigenvalue weighted by Crippen LogP contribution is -2.38. The van der Waals surface area contributed by atoms with Crippen LogP contribution in [0.2, 0.25) is 0 Å². The number of nitrogens with one attached hydrogen (secondary N) is 2. The minimum absolute atomic E-state index is 0.0705. The number of nitrogens with two attached hydrogens (primary N) is 1. The lowest BCUT2D eigenvalue weighted by Gasteiger charge is -2.18. The molecule has 1 saturated heterocycles. The molecule has 0 radical (unpaired) electrons. The monoisotopic (exact) mass is 252 g/mol. The van der Waals surface area contributed by atoms with E-state index in [0.29, 0.717) is 18.2 Å². The van der Waals surface area contributed by atoms with Gasteiger partial charge < -0.3 is 15.8 Å². The minimum Gasteiger partial charge on any atom is -0.395 e. The number of aromatic amines is 1. The Hall–Kier alpha value is -1.56. The number of aromatic nitrogens is 2. The largest absolute Gasteiger partial charge is 0.395 e. The number of carbonyl (C=O) groups is 1. The van der Waals surface area contributed by atoms with E-state index in [1.807, 2.05) is 13.8 Å². The van der Waals surface area contributed by atoms with Crippen LogP contribution in [0.3, 0.4) is 0 Å². The molecule has 0 bridgehead atoms. The van der Waals surface area contributed by atoms with Crippen LogP contribution in [0.1, 0.15) is 36.5 Å². The predicted octanol–water partition coefficient (Wildman–Crippen LogP) is 0.709. The third kappa shape index (κ3) is 2.48. The highest BCUT2D eigenvalue weighted by molar-refractivity contribution is 5.97. The second-order valence-corrected chi connectivity index (χ2v) is 4.70. The molecular weight excluding hydrogens is 232 g/mol. The van der Waals surface area contributed by atoms with Crippen LogP contribution in [0, 0.1) is 5.92 Å². The van der Waals surface area contributed by atoms with E-state index in [9.17, 15) is 4.79 Å². The van der Waals surface area contributed by atoms with Crippen molar-refractivity contribution in [2.45, 2.75) is 32.7 Å². The van der Waals surface area contributed by atoms with Gasteiger partial charge in [-0.3, -0.25) is 9.89 Å². The summed E-state index contributed by atoms with van der Waals surface area (Å²) in [6.45, 7) is 5.43. The molecule has 1 amide bonds. The first-order valence-electron chi connectivity index (χ1n) is 6.34. The Labute approximate surface area is 106 Å². The van der Waals surface area contributed by atoms with E-state index < -0.39 is 0 Å². The van der Waals surface area contributed by atoms with E-state index in [2.05, 4.69) is 15.5 Å². The maximum Gasteiger partial charge on any atom is 0.274 e. The lowest BCUT2D eigenvalue weighted by atomic mass is 10.0. The highest BCUT2D eigenvalue weighted by atomic mass is 16.5. The van der Waals surface area contributed by atoms with Crippen molar-refractivity contribution in [3.8, 4) is 0 Å². The molecule has 4 N–H and O–H groups in total. The predicted molar refractivity (Wildman–Crippen MR) is 68.2 cm³/mol. The number of anilines is 1. The molecule has 2 unspecified atom stereocenters. The van der Waals surface area contributed by atoms with Crippen molar-refractivity contribution in [1.82, 2.24) is 15.5 Å². The summed E-state index contributed by atoms with van der Waals surface area (Å²) in [6.07, 6.45) is 1.72. The van der Waals surface area contributed by atoms with Gasteiger partial charge in [-0.1, -0.05) is 6.92 Å². The Kier molecular flexibility index (Phi) is 3.86. The molecule has 1 aromatic heterocycles. The fourth-order valence-corrected chi connectivity index (χ4v) is 2.17. The Morgan fingerprint density at radius 1 is 1.72 bits per heavy atom. The number of hydrogen-bond donors (Lipinski definition) is 3. The zero-order valence-corrected chi connectivity index (χ0v) is 10.8. The fraction of sp³-hybridized carbons (Fsp3) is 0.667. The van der Waals surface area contributed by atoms with Gasteiger partial charge in [-0.25, -0.2) is 0 Å². The maximum absolute atomic E-state index is 12.0. The summed E-state index contributed by atoms with van der Waals surface area (Å²) in [5.74, 6) is 0.155. The summed E-state index contributed by atoms with van der Waals surface area (Å²) in [6, 6.07) is 0.0705. The van der Waals surface area contributed by atoms with Crippen LogP contribution in [-0.2, 0) is 11.2 Å². The molecule has 100 valence electrons. The van der Waals surface area contributed by atoms with Crippen LogP contribution in [0.15, 0.2) is 0 Å². The molecule has 2 atom stereocenters. The van der Waals surface area contributed by atoms with E-state index in [0.717, 1.165) is 25.1 Å². The van der Waals surface area contributed by atoms with Crippen molar-refractivity contribution >= 4 is 11.6 Å². The summed E-state index contributed by atoms with van der Waals surface area (Å²) in [5, 5.41) is 9.69. The number of nitrogens with zero attached hydrogens (tertiary/aromatic N) is 1. The topological polar surface area (TPSA) is 93.0 Å². The number of aryl methyl sites for hydroxylation is 1. The fourth-order valence-electron chi connectivity index (χ4n) is 2.17. The van der Waals surface area contributed by atoms with Crippen molar-refractivity contribution in [1.29, 1.82) is 0 Å². The number of nitrogen functional groups attached to an aromatic ring is 1. The first-order valence-corrected chi connectivity index (χ1v) is 6.34. The second-order valence-electron chi connectivity index (χ2n) is 4.70. The minimum atomic E-state index is -0.220. The van der Waals surface area contributed by atoms with E-state index in [-0.39, 0.29) is 17.6 Å². The average Bonchev–Trinajstić information content (AvgIpc) is 2.97. The Bertz CT molecular complexity index is 424. The van der Waals surface area contributed by atoms with E-state index >= 15 is 0 Å². The molecule has 18 heavy (non-hydrogen) atoms. The molecule has 1 aliphatic rings. The Balaban J connectivity index is 2.00. The SMILES string of the molecule is CCc1[nH]nc(C(=O)NC(C)C2CCOC2)c1N. The van der Waals surface area contributed by atoms with Gasteiger partial charge in [0.1, 0.15) is 0 Å². The number of amides is 1. The zero-order valence-electron chi connectivity index (χ0n) is 10.8.